The summed E-state index contributed by atoms with van der Waals surface area (Å²) in [4.78, 5) is 2.30. The monoisotopic (exact) mass is 274 g/mol. The van der Waals surface area contributed by atoms with E-state index in [1.807, 2.05) is 0 Å². The molecule has 0 atom stereocenters. The Morgan fingerprint density at radius 3 is 2.65 bits per heavy atom. The third-order valence-electron chi connectivity index (χ3n) is 3.16. The summed E-state index contributed by atoms with van der Waals surface area (Å²) in [6.07, 6.45) is 0. The predicted molar refractivity (Wildman–Crippen MR) is 70.9 cm³/mol. The van der Waals surface area contributed by atoms with Crippen molar-refractivity contribution in [1.29, 1.82) is 0 Å². The van der Waals surface area contributed by atoms with Gasteiger partial charge in [0.25, 0.3) is 0 Å². The smallest absolute Gasteiger partial charge is 0.138 e. The predicted octanol–water partition coefficient (Wildman–Crippen LogP) is 2.49. The van der Waals surface area contributed by atoms with E-state index in [9.17, 15) is 5.11 Å². The van der Waals surface area contributed by atoms with Crippen LogP contribution in [0.2, 0.25) is 10.0 Å². The van der Waals surface area contributed by atoms with Crippen LogP contribution < -0.4 is 5.32 Å². The molecule has 2 N–H and O–H groups in total. The van der Waals surface area contributed by atoms with E-state index >= 15 is 0 Å². The zero-order chi connectivity index (χ0) is 12.4. The largest absolute Gasteiger partial charge is 0.506 e. The van der Waals surface area contributed by atoms with Gasteiger partial charge < -0.3 is 10.4 Å². The Hall–Kier alpha value is -0.480. The average Bonchev–Trinajstić information content (AvgIpc) is 2.21. The molecule has 0 bridgehead atoms. The van der Waals surface area contributed by atoms with E-state index in [1.165, 1.54) is 0 Å². The molecule has 1 aliphatic rings. The maximum Gasteiger partial charge on any atom is 0.138 e. The molecule has 0 unspecified atom stereocenters. The van der Waals surface area contributed by atoms with Gasteiger partial charge in [-0.2, -0.15) is 0 Å². The van der Waals surface area contributed by atoms with Crippen LogP contribution in [0.1, 0.15) is 12.5 Å². The molecule has 94 valence electrons. The summed E-state index contributed by atoms with van der Waals surface area (Å²) in [5, 5.41) is 14.0. The van der Waals surface area contributed by atoms with Gasteiger partial charge in [-0.05, 0) is 18.7 Å². The van der Waals surface area contributed by atoms with E-state index in [4.69, 9.17) is 23.2 Å². The fourth-order valence-electron chi connectivity index (χ4n) is 1.99. The van der Waals surface area contributed by atoms with E-state index in [1.54, 1.807) is 12.1 Å². The summed E-state index contributed by atoms with van der Waals surface area (Å²) in [5.74, 6) is 0.141. The number of aromatic hydroxyl groups is 1. The van der Waals surface area contributed by atoms with E-state index in [2.05, 4.69) is 17.1 Å². The molecule has 0 radical (unpaired) electrons. The van der Waals surface area contributed by atoms with Gasteiger partial charge in [0.2, 0.25) is 0 Å². The van der Waals surface area contributed by atoms with Crippen molar-refractivity contribution in [2.75, 3.05) is 19.6 Å². The number of benzene rings is 1. The highest BCUT2D eigenvalue weighted by Gasteiger charge is 2.24. The average molecular weight is 275 g/mol. The van der Waals surface area contributed by atoms with E-state index < -0.39 is 0 Å². The van der Waals surface area contributed by atoms with Crippen molar-refractivity contribution in [3.8, 4) is 5.75 Å². The zero-order valence-corrected chi connectivity index (χ0v) is 11.2. The molecule has 1 fully saturated rings. The lowest BCUT2D eigenvalue weighted by Gasteiger charge is -2.37. The van der Waals surface area contributed by atoms with E-state index in [0.717, 1.165) is 25.2 Å². The molecule has 0 aliphatic carbocycles. The molecule has 2 rings (SSSR count). The lowest BCUT2D eigenvalue weighted by atomic mass is 10.1. The lowest BCUT2D eigenvalue weighted by Crippen LogP contribution is -2.56. The van der Waals surface area contributed by atoms with Crippen LogP contribution >= 0.6 is 23.2 Å². The number of nitrogens with one attached hydrogen (secondary N) is 1. The Labute approximate surface area is 111 Å². The van der Waals surface area contributed by atoms with Gasteiger partial charge in [0.1, 0.15) is 5.75 Å². The number of phenolic OH excluding ortho intramolecular Hbond substituents is 1. The number of hydrogen-bond donors (Lipinski definition) is 2. The summed E-state index contributed by atoms with van der Waals surface area (Å²) in [6.45, 7) is 5.73. The third-order valence-corrected chi connectivity index (χ3v) is 3.67. The van der Waals surface area contributed by atoms with Gasteiger partial charge in [-0.15, -0.1) is 0 Å². The number of hydrogen-bond acceptors (Lipinski definition) is 3. The third kappa shape index (κ3) is 2.86. The van der Waals surface area contributed by atoms with E-state index in [0.29, 0.717) is 22.6 Å². The standard InChI is InChI=1S/C12H16Cl2N2O/c1-2-16(10-5-15-6-10)7-8-3-9(13)4-11(14)12(8)17/h3-4,10,15,17H,2,5-7H2,1H3. The van der Waals surface area contributed by atoms with Crippen LogP contribution in [-0.2, 0) is 6.54 Å². The summed E-state index contributed by atoms with van der Waals surface area (Å²) < 4.78 is 0. The molecular weight excluding hydrogens is 259 g/mol. The summed E-state index contributed by atoms with van der Waals surface area (Å²) in [6, 6.07) is 3.87. The molecule has 0 saturated carbocycles. The second-order valence-corrected chi connectivity index (χ2v) is 5.11. The maximum atomic E-state index is 9.91. The Bertz CT molecular complexity index is 408. The number of phenols is 1. The number of halogens is 2. The van der Waals surface area contributed by atoms with Gasteiger partial charge in [-0.25, -0.2) is 0 Å². The minimum atomic E-state index is 0.141. The van der Waals surface area contributed by atoms with Gasteiger partial charge in [0.05, 0.1) is 5.02 Å². The summed E-state index contributed by atoms with van der Waals surface area (Å²) in [5.41, 5.74) is 0.788. The lowest BCUT2D eigenvalue weighted by molar-refractivity contribution is 0.144. The topological polar surface area (TPSA) is 35.5 Å². The number of rotatable bonds is 4. The number of nitrogens with zero attached hydrogens (tertiary/aromatic N) is 1. The maximum absolute atomic E-state index is 9.91. The Kier molecular flexibility index (Phi) is 4.15. The van der Waals surface area contributed by atoms with Crippen molar-refractivity contribution >= 4 is 23.2 Å². The van der Waals surface area contributed by atoms with Gasteiger partial charge in [0.15, 0.2) is 0 Å². The van der Waals surface area contributed by atoms with Crippen LogP contribution in [0.25, 0.3) is 0 Å². The number of likely N-dealkylation sites (N-methyl/N-ethyl adjacent to an activating group) is 1. The fraction of sp³-hybridized carbons (Fsp3) is 0.500. The van der Waals surface area contributed by atoms with Crippen LogP contribution in [0.5, 0.6) is 5.75 Å². The van der Waals surface area contributed by atoms with Gasteiger partial charge >= 0.3 is 0 Å². The van der Waals surface area contributed by atoms with Gasteiger partial charge in [-0.3, -0.25) is 4.90 Å². The second kappa shape index (κ2) is 5.44. The van der Waals surface area contributed by atoms with Crippen LogP contribution in [0.15, 0.2) is 12.1 Å². The van der Waals surface area contributed by atoms with Gasteiger partial charge in [-0.1, -0.05) is 30.1 Å². The van der Waals surface area contributed by atoms with Crippen LogP contribution in [-0.4, -0.2) is 35.7 Å². The molecule has 1 aromatic carbocycles. The molecule has 1 aromatic rings. The first-order chi connectivity index (χ1) is 8.11. The summed E-state index contributed by atoms with van der Waals surface area (Å²) >= 11 is 11.9. The zero-order valence-electron chi connectivity index (χ0n) is 9.71. The normalized spacial score (nSPS) is 16.2. The molecule has 1 heterocycles. The van der Waals surface area contributed by atoms with Crippen molar-refractivity contribution < 1.29 is 5.11 Å². The van der Waals surface area contributed by atoms with Crippen molar-refractivity contribution in [2.24, 2.45) is 0 Å². The van der Waals surface area contributed by atoms with Crippen LogP contribution in [0, 0.1) is 0 Å². The first-order valence-electron chi connectivity index (χ1n) is 5.73. The minimum Gasteiger partial charge on any atom is -0.506 e. The SMILES string of the molecule is CCN(Cc1cc(Cl)cc(Cl)c1O)C1CNC1. The molecule has 0 spiro atoms. The highest BCUT2D eigenvalue weighted by Crippen LogP contribution is 2.32. The quantitative estimate of drug-likeness (QED) is 0.886. The molecular formula is C12H16Cl2N2O. The van der Waals surface area contributed by atoms with Crippen LogP contribution in [0.3, 0.4) is 0 Å². The molecule has 1 saturated heterocycles. The molecule has 1 aliphatic heterocycles. The van der Waals surface area contributed by atoms with Crippen molar-refractivity contribution in [2.45, 2.75) is 19.5 Å². The Balaban J connectivity index is 2.16. The first-order valence-corrected chi connectivity index (χ1v) is 6.49. The molecule has 17 heavy (non-hydrogen) atoms. The minimum absolute atomic E-state index is 0.141. The molecule has 5 heteroatoms. The summed E-state index contributed by atoms with van der Waals surface area (Å²) in [7, 11) is 0. The van der Waals surface area contributed by atoms with Crippen LogP contribution in [0.4, 0.5) is 0 Å². The highest BCUT2D eigenvalue weighted by atomic mass is 35.5. The fourth-order valence-corrected chi connectivity index (χ4v) is 2.52. The Morgan fingerprint density at radius 1 is 1.41 bits per heavy atom. The first kappa shape index (κ1) is 13.0. The second-order valence-electron chi connectivity index (χ2n) is 4.27. The van der Waals surface area contributed by atoms with E-state index in [-0.39, 0.29) is 5.75 Å². The molecule has 0 amide bonds. The van der Waals surface area contributed by atoms with Gasteiger partial charge in [0, 0.05) is 36.3 Å². The van der Waals surface area contributed by atoms with Crippen molar-refractivity contribution in [3.05, 3.63) is 27.7 Å². The molecule has 3 nitrogen and oxygen atoms in total. The van der Waals surface area contributed by atoms with Crippen molar-refractivity contribution in [3.63, 3.8) is 0 Å². The highest BCUT2D eigenvalue weighted by molar-refractivity contribution is 6.35. The molecule has 0 aromatic heterocycles. The van der Waals surface area contributed by atoms with Crippen molar-refractivity contribution in [1.82, 2.24) is 10.2 Å². The Morgan fingerprint density at radius 2 is 2.12 bits per heavy atom.